The van der Waals surface area contributed by atoms with Crippen LogP contribution < -0.4 is 10.4 Å². The molecule has 234 valence electrons. The summed E-state index contributed by atoms with van der Waals surface area (Å²) in [5, 5.41) is 19.2. The lowest BCUT2D eigenvalue weighted by atomic mass is 9.78. The maximum atomic E-state index is 9.89. The second-order valence-corrected chi connectivity index (χ2v) is 13.2. The minimum Gasteiger partial charge on any atom is -0.399 e. The van der Waals surface area contributed by atoms with Gasteiger partial charge >= 0.3 is 0 Å². The van der Waals surface area contributed by atoms with E-state index in [9.17, 15) is 10.7 Å². The zero-order chi connectivity index (χ0) is 32.6. The van der Waals surface area contributed by atoms with Crippen molar-refractivity contribution in [3.05, 3.63) is 63.5 Å². The molecule has 7 nitrogen and oxygen atoms in total. The number of hydrogen-bond acceptors (Lipinski definition) is 8. The van der Waals surface area contributed by atoms with Gasteiger partial charge in [-0.15, -0.1) is 24.2 Å². The van der Waals surface area contributed by atoms with E-state index in [0.717, 1.165) is 84.1 Å². The largest absolute Gasteiger partial charge is 0.399 e. The molecule has 1 saturated heterocycles. The van der Waals surface area contributed by atoms with E-state index in [-0.39, 0.29) is 5.92 Å². The lowest BCUT2D eigenvalue weighted by Gasteiger charge is -2.26. The van der Waals surface area contributed by atoms with Gasteiger partial charge in [0.15, 0.2) is 5.82 Å². The number of rotatable bonds is 14. The van der Waals surface area contributed by atoms with Crippen LogP contribution in [0.3, 0.4) is 0 Å². The molecule has 1 aromatic heterocycles. The van der Waals surface area contributed by atoms with Gasteiger partial charge in [-0.1, -0.05) is 29.2 Å². The molecule has 1 fully saturated rings. The Hall–Kier alpha value is -3.42. The molecule has 0 aromatic carbocycles. The Morgan fingerprint density at radius 2 is 2.05 bits per heavy atom. The van der Waals surface area contributed by atoms with Gasteiger partial charge < -0.3 is 16.0 Å². The van der Waals surface area contributed by atoms with Crippen molar-refractivity contribution in [3.8, 4) is 18.9 Å². The summed E-state index contributed by atoms with van der Waals surface area (Å²) in [6.45, 7) is 13.3. The molecule has 2 aliphatic rings. The number of thiophene rings is 1. The van der Waals surface area contributed by atoms with Crippen LogP contribution in [0.5, 0.6) is 0 Å². The third-order valence-corrected chi connectivity index (χ3v) is 9.92. The molecule has 3 N–H and O–H groups in total. The maximum absolute atomic E-state index is 9.89. The number of aryl methyl sites for hydroxylation is 1. The maximum Gasteiger partial charge on any atom is 0.152 e. The van der Waals surface area contributed by atoms with Crippen LogP contribution in [0.15, 0.2) is 62.4 Å². The number of nitrogens with zero attached hydrogens (tertiary/aromatic N) is 5. The van der Waals surface area contributed by atoms with E-state index >= 15 is 0 Å². The van der Waals surface area contributed by atoms with Crippen LogP contribution in [0.25, 0.3) is 0 Å². The number of nitriles is 1. The molecule has 1 aliphatic heterocycles. The molecule has 2 heterocycles. The fourth-order valence-corrected chi connectivity index (χ4v) is 7.60. The Bertz CT molecular complexity index is 1400. The first-order chi connectivity index (χ1) is 21.2. The summed E-state index contributed by atoms with van der Waals surface area (Å²) in [4.78, 5) is 17.3. The fraction of sp³-hybridized carbons (Fsp3) is 0.457. The van der Waals surface area contributed by atoms with Crippen molar-refractivity contribution in [2.24, 2.45) is 20.7 Å². The van der Waals surface area contributed by atoms with Gasteiger partial charge in [0.05, 0.1) is 12.1 Å². The predicted molar refractivity (Wildman–Crippen MR) is 195 cm³/mol. The van der Waals surface area contributed by atoms with Crippen molar-refractivity contribution in [1.29, 1.82) is 10.7 Å². The summed E-state index contributed by atoms with van der Waals surface area (Å²) in [5.74, 6) is 0.447. The highest BCUT2D eigenvalue weighted by atomic mass is 32.1. The third-order valence-electron chi connectivity index (χ3n) is 8.19. The molecule has 44 heavy (non-hydrogen) atoms. The summed E-state index contributed by atoms with van der Waals surface area (Å²) >= 11 is 1.70. The summed E-state index contributed by atoms with van der Waals surface area (Å²) in [7, 11) is 4.92. The van der Waals surface area contributed by atoms with Gasteiger partial charge in [0.2, 0.25) is 0 Å². The van der Waals surface area contributed by atoms with Gasteiger partial charge in [-0.25, -0.2) is 9.98 Å². The molecule has 0 spiro atoms. The zero-order valence-electron chi connectivity index (χ0n) is 26.6. The number of allylic oxidation sites excluding steroid dienone is 4. The Labute approximate surface area is 271 Å². The predicted octanol–water partition coefficient (Wildman–Crippen LogP) is 6.88. The minimum absolute atomic E-state index is 0.0336. The molecule has 0 radical (unpaired) electrons. The van der Waals surface area contributed by atoms with E-state index in [1.807, 2.05) is 6.08 Å². The lowest BCUT2D eigenvalue weighted by molar-refractivity contribution is 0.300. The van der Waals surface area contributed by atoms with Crippen LogP contribution >= 0.6 is 20.6 Å². The van der Waals surface area contributed by atoms with Crippen molar-refractivity contribution in [1.82, 2.24) is 4.90 Å². The van der Waals surface area contributed by atoms with Gasteiger partial charge in [0.1, 0.15) is 6.07 Å². The second-order valence-electron chi connectivity index (χ2n) is 11.1. The molecule has 1 aliphatic carbocycles. The van der Waals surface area contributed by atoms with E-state index in [1.165, 1.54) is 17.7 Å². The molecule has 1 aromatic rings. The van der Waals surface area contributed by atoms with Crippen LogP contribution in [0.2, 0.25) is 0 Å². The number of likely N-dealkylation sites (tertiary alicyclic amines) is 1. The highest BCUT2D eigenvalue weighted by Crippen LogP contribution is 2.40. The van der Waals surface area contributed by atoms with Crippen molar-refractivity contribution in [2.45, 2.75) is 83.6 Å². The molecule has 3 atom stereocenters. The standard InChI is InChI=1S/C33H46N7PS.C2H2/c1-6-10-26(32(36)27-12-8-13-29-31(27)28(20-34)33(41)42-29)22(3)21-39-24(14-15-25-11-9-18-40(25)5)19-30(37-4)38-17-16-23(35)7-2;1-2/h7,16-17,19,25,27,36H,2,4,6,8-15,18,21,35,41H2,1,3,5H3;1-2H/b23-16-,26-22+,30-19+,36-32?,38-17+,39-24?;/t25?,27-;/m0./s1. The Balaban J connectivity index is 0.00000330. The first-order valence-electron chi connectivity index (χ1n) is 15.2. The molecular formula is C35H48N7PS. The normalized spacial score (nSPS) is 19.9. The molecule has 0 bridgehead atoms. The monoisotopic (exact) mass is 629 g/mol. The fourth-order valence-electron chi connectivity index (χ4n) is 5.83. The molecule has 9 heteroatoms. The Kier molecular flexibility index (Phi) is 15.9. The first-order valence-corrected chi connectivity index (χ1v) is 16.6. The number of hydrogen-bond donors (Lipinski definition) is 2. The van der Waals surface area contributed by atoms with Gasteiger partial charge in [0, 0.05) is 50.9 Å². The summed E-state index contributed by atoms with van der Waals surface area (Å²) in [6.07, 6.45) is 23.7. The Morgan fingerprint density at radius 3 is 2.66 bits per heavy atom. The van der Waals surface area contributed by atoms with Crippen molar-refractivity contribution in [2.75, 3.05) is 20.1 Å². The number of fused-ring (bicyclic) bond motifs is 1. The number of nitrogens with two attached hydrogens (primary N) is 1. The van der Waals surface area contributed by atoms with Crippen LogP contribution in [-0.4, -0.2) is 55.4 Å². The minimum atomic E-state index is -0.0336. The summed E-state index contributed by atoms with van der Waals surface area (Å²) < 4.78 is 0.992. The number of terminal acetylenes is 1. The molecule has 3 rings (SSSR count). The second kappa shape index (κ2) is 19.1. The average molecular weight is 630 g/mol. The SMILES string of the molecule is C#C.C=C/C(N)=C/C=N/C(=C/C(CCC1CCCN1C)=NC/C(C)=C(\CCC)C(=N)[C@H]1CCCc2sc(P)c(C#N)c21)N=C. The zero-order valence-corrected chi connectivity index (χ0v) is 28.6. The van der Waals surface area contributed by atoms with Crippen LogP contribution in [0.1, 0.15) is 87.1 Å². The van der Waals surface area contributed by atoms with Crippen LogP contribution in [-0.2, 0) is 6.42 Å². The highest BCUT2D eigenvalue weighted by molar-refractivity contribution is 7.43. The topological polar surface area (TPSA) is 114 Å². The van der Waals surface area contributed by atoms with Gasteiger partial charge in [-0.3, -0.25) is 4.99 Å². The molecular weight excluding hydrogens is 581 g/mol. The first kappa shape index (κ1) is 36.8. The molecule has 0 amide bonds. The highest BCUT2D eigenvalue weighted by Gasteiger charge is 2.31. The lowest BCUT2D eigenvalue weighted by Crippen LogP contribution is -2.25. The number of nitrogens with one attached hydrogen (secondary N) is 1. The van der Waals surface area contributed by atoms with E-state index < -0.39 is 0 Å². The summed E-state index contributed by atoms with van der Waals surface area (Å²) in [6, 6.07) is 2.97. The average Bonchev–Trinajstić information content (AvgIpc) is 3.61. The van der Waals surface area contributed by atoms with Crippen molar-refractivity contribution in [3.63, 3.8) is 0 Å². The van der Waals surface area contributed by atoms with Crippen LogP contribution in [0, 0.1) is 29.6 Å². The van der Waals surface area contributed by atoms with E-state index in [4.69, 9.17) is 10.7 Å². The number of aliphatic imine (C=N–C) groups is 3. The smallest absolute Gasteiger partial charge is 0.152 e. The van der Waals surface area contributed by atoms with Gasteiger partial charge in [-0.05, 0) is 107 Å². The van der Waals surface area contributed by atoms with Gasteiger partial charge in [0.25, 0.3) is 0 Å². The van der Waals surface area contributed by atoms with Gasteiger partial charge in [-0.2, -0.15) is 5.26 Å². The van der Waals surface area contributed by atoms with Crippen molar-refractivity contribution < 1.29 is 0 Å². The molecule has 2 unspecified atom stereocenters. The van der Waals surface area contributed by atoms with E-state index in [0.29, 0.717) is 29.8 Å². The van der Waals surface area contributed by atoms with E-state index in [2.05, 4.69) is 77.2 Å². The quantitative estimate of drug-likeness (QED) is 0.101. The third kappa shape index (κ3) is 10.1. The summed E-state index contributed by atoms with van der Waals surface area (Å²) in [5.41, 5.74) is 11.9. The van der Waals surface area contributed by atoms with E-state index in [1.54, 1.807) is 29.7 Å². The molecule has 0 saturated carbocycles. The Morgan fingerprint density at radius 1 is 1.30 bits per heavy atom. The van der Waals surface area contributed by atoms with Crippen molar-refractivity contribution >= 4 is 49.6 Å². The van der Waals surface area contributed by atoms with Crippen LogP contribution in [0.4, 0.5) is 0 Å².